The van der Waals surface area contributed by atoms with Crippen LogP contribution in [-0.2, 0) is 0 Å². The molecule has 0 bridgehead atoms. The van der Waals surface area contributed by atoms with Crippen LogP contribution in [0.1, 0.15) is 24.6 Å². The van der Waals surface area contributed by atoms with Crippen LogP contribution in [0.15, 0.2) is 12.3 Å². The normalized spacial score (nSPS) is 15.8. The Kier molecular flexibility index (Phi) is 1.79. The highest BCUT2D eigenvalue weighted by Gasteiger charge is 2.27. The summed E-state index contributed by atoms with van der Waals surface area (Å²) < 4.78 is 0. The van der Waals surface area contributed by atoms with E-state index in [0.29, 0.717) is 27.8 Å². The van der Waals surface area contributed by atoms with Gasteiger partial charge in [-0.15, -0.1) is 0 Å². The lowest BCUT2D eigenvalue weighted by molar-refractivity contribution is 0.945. The monoisotopic (exact) mass is 220 g/mol. The summed E-state index contributed by atoms with van der Waals surface area (Å²) in [5.74, 6) is 1.70. The third-order valence-electron chi connectivity index (χ3n) is 2.53. The smallest absolute Gasteiger partial charge is 0.166 e. The first-order chi connectivity index (χ1) is 7.25. The van der Waals surface area contributed by atoms with E-state index >= 15 is 0 Å². The quantitative estimate of drug-likeness (QED) is 0.800. The van der Waals surface area contributed by atoms with Gasteiger partial charge in [0.2, 0.25) is 0 Å². The average molecular weight is 221 g/mol. The number of nitrogens with zero attached hydrogens (tertiary/aromatic N) is 3. The maximum absolute atomic E-state index is 6.01. The lowest BCUT2D eigenvalue weighted by atomic mass is 10.3. The zero-order chi connectivity index (χ0) is 10.4. The average Bonchev–Trinajstić information content (AvgIpc) is 3.00. The molecule has 0 aliphatic heterocycles. The van der Waals surface area contributed by atoms with Gasteiger partial charge in [-0.1, -0.05) is 11.6 Å². The van der Waals surface area contributed by atoms with Crippen molar-refractivity contribution in [3.8, 4) is 0 Å². The number of pyridine rings is 1. The van der Waals surface area contributed by atoms with Crippen molar-refractivity contribution in [3.63, 3.8) is 0 Å². The van der Waals surface area contributed by atoms with E-state index in [1.54, 1.807) is 12.3 Å². The molecule has 1 fully saturated rings. The Morgan fingerprint density at radius 1 is 1.33 bits per heavy atom. The molecule has 0 aromatic carbocycles. The van der Waals surface area contributed by atoms with Crippen LogP contribution < -0.4 is 5.73 Å². The van der Waals surface area contributed by atoms with Crippen LogP contribution >= 0.6 is 11.6 Å². The second-order valence-corrected chi connectivity index (χ2v) is 4.14. The Labute approximate surface area is 91.5 Å². The molecule has 1 saturated carbocycles. The second kappa shape index (κ2) is 3.03. The number of hydrogen-bond acceptors (Lipinski definition) is 4. The number of fused-ring (bicyclic) bond motifs is 1. The zero-order valence-electron chi connectivity index (χ0n) is 7.94. The Hall–Kier alpha value is -1.42. The van der Waals surface area contributed by atoms with Crippen molar-refractivity contribution >= 4 is 28.5 Å². The van der Waals surface area contributed by atoms with Crippen LogP contribution in [0.25, 0.3) is 11.0 Å². The fraction of sp³-hybridized carbons (Fsp3) is 0.300. The van der Waals surface area contributed by atoms with Crippen LogP contribution in [0.2, 0.25) is 5.02 Å². The molecule has 0 spiro atoms. The van der Waals surface area contributed by atoms with Crippen molar-refractivity contribution in [2.45, 2.75) is 18.8 Å². The molecule has 2 aromatic rings. The Morgan fingerprint density at radius 2 is 2.13 bits per heavy atom. The topological polar surface area (TPSA) is 64.7 Å². The van der Waals surface area contributed by atoms with Gasteiger partial charge in [0.1, 0.15) is 11.6 Å². The van der Waals surface area contributed by atoms with Crippen molar-refractivity contribution in [2.24, 2.45) is 0 Å². The summed E-state index contributed by atoms with van der Waals surface area (Å²) in [4.78, 5) is 12.8. The standard InChI is InChI=1S/C10H9ClN4/c11-6-3-4-13-10-7(6)8(12)14-9(15-10)5-1-2-5/h3-5H,1-2H2,(H2,12,13,14,15). The minimum absolute atomic E-state index is 0.431. The maximum Gasteiger partial charge on any atom is 0.166 e. The maximum atomic E-state index is 6.01. The molecular weight excluding hydrogens is 212 g/mol. The van der Waals surface area contributed by atoms with E-state index in [0.717, 1.165) is 18.7 Å². The molecule has 2 heterocycles. The minimum atomic E-state index is 0.431. The molecule has 1 aliphatic rings. The fourth-order valence-electron chi connectivity index (χ4n) is 1.59. The molecule has 15 heavy (non-hydrogen) atoms. The molecule has 76 valence electrons. The van der Waals surface area contributed by atoms with Gasteiger partial charge in [0, 0.05) is 12.1 Å². The van der Waals surface area contributed by atoms with Crippen LogP contribution in [0, 0.1) is 0 Å². The first kappa shape index (κ1) is 8.85. The van der Waals surface area contributed by atoms with Gasteiger partial charge in [0.15, 0.2) is 5.65 Å². The minimum Gasteiger partial charge on any atom is -0.383 e. The molecule has 4 nitrogen and oxygen atoms in total. The number of aromatic nitrogens is 3. The summed E-state index contributed by atoms with van der Waals surface area (Å²) in [7, 11) is 0. The largest absolute Gasteiger partial charge is 0.383 e. The third-order valence-corrected chi connectivity index (χ3v) is 2.85. The Balaban J connectivity index is 2.31. The summed E-state index contributed by atoms with van der Waals surface area (Å²) in [6.07, 6.45) is 3.92. The van der Waals surface area contributed by atoms with Crippen molar-refractivity contribution in [1.82, 2.24) is 15.0 Å². The van der Waals surface area contributed by atoms with Gasteiger partial charge in [-0.3, -0.25) is 0 Å². The molecule has 2 aromatic heterocycles. The molecule has 3 rings (SSSR count). The molecule has 0 radical (unpaired) electrons. The van der Waals surface area contributed by atoms with Crippen LogP contribution in [0.4, 0.5) is 5.82 Å². The lowest BCUT2D eigenvalue weighted by Gasteiger charge is -2.04. The predicted octanol–water partition coefficient (Wildman–Crippen LogP) is 2.14. The molecule has 0 atom stereocenters. The summed E-state index contributed by atoms with van der Waals surface area (Å²) in [5.41, 5.74) is 6.44. The fourth-order valence-corrected chi connectivity index (χ4v) is 1.82. The molecule has 2 N–H and O–H groups in total. The van der Waals surface area contributed by atoms with E-state index in [9.17, 15) is 0 Å². The number of nitrogens with two attached hydrogens (primary N) is 1. The van der Waals surface area contributed by atoms with Crippen molar-refractivity contribution in [1.29, 1.82) is 0 Å². The number of rotatable bonds is 1. The first-order valence-corrected chi connectivity index (χ1v) is 5.21. The molecule has 0 unspecified atom stereocenters. The van der Waals surface area contributed by atoms with Crippen LogP contribution in [-0.4, -0.2) is 15.0 Å². The number of hydrogen-bond donors (Lipinski definition) is 1. The molecule has 0 saturated heterocycles. The predicted molar refractivity (Wildman–Crippen MR) is 58.7 cm³/mol. The molecule has 1 aliphatic carbocycles. The number of nitrogen functional groups attached to an aromatic ring is 1. The van der Waals surface area contributed by atoms with E-state index < -0.39 is 0 Å². The van der Waals surface area contributed by atoms with Crippen molar-refractivity contribution in [2.75, 3.05) is 5.73 Å². The van der Waals surface area contributed by atoms with Crippen molar-refractivity contribution in [3.05, 3.63) is 23.1 Å². The highest BCUT2D eigenvalue weighted by Crippen LogP contribution is 2.39. The summed E-state index contributed by atoms with van der Waals surface area (Å²) in [6.45, 7) is 0. The first-order valence-electron chi connectivity index (χ1n) is 4.83. The van der Waals surface area contributed by atoms with Gasteiger partial charge >= 0.3 is 0 Å². The summed E-state index contributed by atoms with van der Waals surface area (Å²) in [6, 6.07) is 1.69. The van der Waals surface area contributed by atoms with E-state index in [1.807, 2.05) is 0 Å². The highest BCUT2D eigenvalue weighted by molar-refractivity contribution is 6.36. The summed E-state index contributed by atoms with van der Waals surface area (Å²) in [5, 5.41) is 1.21. The molecular formula is C10H9ClN4. The van der Waals surface area contributed by atoms with Crippen LogP contribution in [0.3, 0.4) is 0 Å². The van der Waals surface area contributed by atoms with Gasteiger partial charge in [-0.2, -0.15) is 0 Å². The van der Waals surface area contributed by atoms with Gasteiger partial charge in [0.05, 0.1) is 10.4 Å². The van der Waals surface area contributed by atoms with Gasteiger partial charge < -0.3 is 5.73 Å². The van der Waals surface area contributed by atoms with Gasteiger partial charge in [-0.25, -0.2) is 15.0 Å². The van der Waals surface area contributed by atoms with Crippen molar-refractivity contribution < 1.29 is 0 Å². The zero-order valence-corrected chi connectivity index (χ0v) is 8.70. The van der Waals surface area contributed by atoms with E-state index in [1.165, 1.54) is 0 Å². The van der Waals surface area contributed by atoms with Gasteiger partial charge in [-0.05, 0) is 18.9 Å². The lowest BCUT2D eigenvalue weighted by Crippen LogP contribution is -2.01. The van der Waals surface area contributed by atoms with Gasteiger partial charge in [0.25, 0.3) is 0 Å². The van der Waals surface area contributed by atoms with E-state index in [4.69, 9.17) is 17.3 Å². The number of halogens is 1. The van der Waals surface area contributed by atoms with E-state index in [2.05, 4.69) is 15.0 Å². The number of anilines is 1. The SMILES string of the molecule is Nc1nc(C2CC2)nc2nccc(Cl)c12. The summed E-state index contributed by atoms with van der Waals surface area (Å²) >= 11 is 6.01. The third kappa shape index (κ3) is 1.41. The molecule has 0 amide bonds. The Bertz CT molecular complexity index is 536. The highest BCUT2D eigenvalue weighted by atomic mass is 35.5. The van der Waals surface area contributed by atoms with E-state index in [-0.39, 0.29) is 0 Å². The Morgan fingerprint density at radius 3 is 2.87 bits per heavy atom. The van der Waals surface area contributed by atoms with Crippen LogP contribution in [0.5, 0.6) is 0 Å². The molecule has 5 heteroatoms. The second-order valence-electron chi connectivity index (χ2n) is 3.73.